The number of nitrogens with zero attached hydrogens (tertiary/aromatic N) is 1. The Kier molecular flexibility index (Phi) is 3.05. The third kappa shape index (κ3) is 2.00. The summed E-state index contributed by atoms with van der Waals surface area (Å²) >= 11 is 0. The molecule has 0 unspecified atom stereocenters. The van der Waals surface area contributed by atoms with Gasteiger partial charge in [-0.1, -0.05) is 24.6 Å². The molecule has 92 valence electrons. The first-order valence-electron chi connectivity index (χ1n) is 5.58. The Balaban J connectivity index is 2.31. The largest absolute Gasteiger partial charge is 0.296 e. The first kappa shape index (κ1) is 12.3. The van der Waals surface area contributed by atoms with Gasteiger partial charge in [-0.25, -0.2) is 8.42 Å². The average Bonchev–Trinajstić information content (AvgIpc) is 2.27. The smallest absolute Gasteiger partial charge is 0.244 e. The van der Waals surface area contributed by atoms with E-state index >= 15 is 0 Å². The maximum Gasteiger partial charge on any atom is 0.244 e. The van der Waals surface area contributed by atoms with Crippen molar-refractivity contribution in [1.82, 2.24) is 4.31 Å². The summed E-state index contributed by atoms with van der Waals surface area (Å²) in [6, 6.07) is 6.21. The van der Waals surface area contributed by atoms with Crippen molar-refractivity contribution in [2.45, 2.75) is 31.2 Å². The van der Waals surface area contributed by atoms with Crippen LogP contribution in [-0.4, -0.2) is 31.1 Å². The molecule has 1 heterocycles. The van der Waals surface area contributed by atoms with E-state index in [1.54, 1.807) is 24.3 Å². The van der Waals surface area contributed by atoms with Gasteiger partial charge in [0, 0.05) is 0 Å². The lowest BCUT2D eigenvalue weighted by atomic mass is 10.0. The minimum Gasteiger partial charge on any atom is -0.296 e. The summed E-state index contributed by atoms with van der Waals surface area (Å²) in [5, 5.41) is 0. The Bertz CT molecular complexity index is 533. The number of Topliss-reactive ketones (excluding diaryl/α,β-unsaturated/α-hetero) is 1. The van der Waals surface area contributed by atoms with Gasteiger partial charge in [0.05, 0.1) is 17.5 Å². The summed E-state index contributed by atoms with van der Waals surface area (Å²) in [5.74, 6) is 0.00295. The molecule has 0 N–H and O–H groups in total. The normalized spacial score (nSPS) is 21.3. The van der Waals surface area contributed by atoms with Crippen LogP contribution in [0.5, 0.6) is 0 Å². The third-order valence-electron chi connectivity index (χ3n) is 3.05. The van der Waals surface area contributed by atoms with Crippen LogP contribution in [0.15, 0.2) is 29.2 Å². The first-order chi connectivity index (χ1) is 7.96. The van der Waals surface area contributed by atoms with E-state index in [0.717, 1.165) is 5.56 Å². The third-order valence-corrected chi connectivity index (χ3v) is 4.91. The predicted molar refractivity (Wildman–Crippen MR) is 64.2 cm³/mol. The van der Waals surface area contributed by atoms with Crippen LogP contribution in [0.25, 0.3) is 0 Å². The lowest BCUT2D eigenvalue weighted by molar-refractivity contribution is -0.131. The summed E-state index contributed by atoms with van der Waals surface area (Å²) < 4.78 is 25.7. The van der Waals surface area contributed by atoms with E-state index in [2.05, 4.69) is 0 Å². The minimum atomic E-state index is -3.50. The van der Waals surface area contributed by atoms with Gasteiger partial charge in [-0.3, -0.25) is 4.79 Å². The highest BCUT2D eigenvalue weighted by Gasteiger charge is 2.44. The Hall–Kier alpha value is -1.20. The maximum atomic E-state index is 12.2. The van der Waals surface area contributed by atoms with E-state index in [1.165, 1.54) is 4.31 Å². The highest BCUT2D eigenvalue weighted by molar-refractivity contribution is 7.89. The molecule has 1 aromatic rings. The molecule has 0 aliphatic carbocycles. The van der Waals surface area contributed by atoms with Crippen LogP contribution >= 0.6 is 0 Å². The molecule has 17 heavy (non-hydrogen) atoms. The zero-order valence-corrected chi connectivity index (χ0v) is 10.7. The van der Waals surface area contributed by atoms with Gasteiger partial charge in [-0.2, -0.15) is 4.31 Å². The van der Waals surface area contributed by atoms with Gasteiger partial charge in [-0.15, -0.1) is 0 Å². The van der Waals surface area contributed by atoms with Crippen molar-refractivity contribution in [3.8, 4) is 0 Å². The number of sulfonamides is 1. The molecule has 2 rings (SSSR count). The monoisotopic (exact) mass is 253 g/mol. The molecule has 0 amide bonds. The van der Waals surface area contributed by atoms with Crippen molar-refractivity contribution in [2.24, 2.45) is 0 Å². The summed E-state index contributed by atoms with van der Waals surface area (Å²) in [7, 11) is -3.50. The van der Waals surface area contributed by atoms with Crippen LogP contribution < -0.4 is 0 Å². The fourth-order valence-electron chi connectivity index (χ4n) is 1.95. The summed E-state index contributed by atoms with van der Waals surface area (Å²) in [4.78, 5) is 11.6. The summed E-state index contributed by atoms with van der Waals surface area (Å²) in [6.45, 7) is 3.73. The van der Waals surface area contributed by atoms with Crippen molar-refractivity contribution >= 4 is 15.8 Å². The Morgan fingerprint density at radius 1 is 1.29 bits per heavy atom. The summed E-state index contributed by atoms with van der Waals surface area (Å²) in [5.41, 5.74) is 1.01. The fraction of sp³-hybridized carbons (Fsp3) is 0.417. The molecule has 0 bridgehead atoms. The highest BCUT2D eigenvalue weighted by Crippen LogP contribution is 2.26. The SMILES string of the molecule is CC[C@@H]1C(=O)CN1S(=O)(=O)c1ccc(C)cc1. The zero-order chi connectivity index (χ0) is 12.6. The molecular weight excluding hydrogens is 238 g/mol. The van der Waals surface area contributed by atoms with E-state index in [4.69, 9.17) is 0 Å². The Morgan fingerprint density at radius 3 is 2.35 bits per heavy atom. The van der Waals surface area contributed by atoms with E-state index in [9.17, 15) is 13.2 Å². The van der Waals surface area contributed by atoms with Gasteiger partial charge >= 0.3 is 0 Å². The number of aryl methyl sites for hydroxylation is 1. The molecule has 5 heteroatoms. The van der Waals surface area contributed by atoms with Crippen molar-refractivity contribution < 1.29 is 13.2 Å². The molecule has 1 aromatic carbocycles. The van der Waals surface area contributed by atoms with Crippen LogP contribution in [0, 0.1) is 6.92 Å². The number of hydrogen-bond acceptors (Lipinski definition) is 3. The molecule has 4 nitrogen and oxygen atoms in total. The van der Waals surface area contributed by atoms with Gasteiger partial charge in [0.15, 0.2) is 5.78 Å². The molecule has 0 saturated carbocycles. The number of benzene rings is 1. The van der Waals surface area contributed by atoms with Gasteiger partial charge in [0.2, 0.25) is 10.0 Å². The van der Waals surface area contributed by atoms with E-state index < -0.39 is 16.1 Å². The topological polar surface area (TPSA) is 54.5 Å². The molecule has 0 aromatic heterocycles. The van der Waals surface area contributed by atoms with Crippen LogP contribution in [0.2, 0.25) is 0 Å². The van der Waals surface area contributed by atoms with Gasteiger partial charge in [0.25, 0.3) is 0 Å². The lowest BCUT2D eigenvalue weighted by Gasteiger charge is -2.37. The van der Waals surface area contributed by atoms with Gasteiger partial charge in [-0.05, 0) is 25.5 Å². The molecule has 1 saturated heterocycles. The number of hydrogen-bond donors (Lipinski definition) is 0. The Labute approximate surface area is 101 Å². The Morgan fingerprint density at radius 2 is 1.88 bits per heavy atom. The summed E-state index contributed by atoms with van der Waals surface area (Å²) in [6.07, 6.45) is 0.532. The molecule has 0 spiro atoms. The molecule has 0 radical (unpaired) electrons. The molecule has 1 aliphatic rings. The minimum absolute atomic E-state index is 0.00295. The average molecular weight is 253 g/mol. The first-order valence-corrected chi connectivity index (χ1v) is 7.02. The second-order valence-electron chi connectivity index (χ2n) is 4.25. The molecular formula is C12H15NO3S. The lowest BCUT2D eigenvalue weighted by Crippen LogP contribution is -2.58. The van der Waals surface area contributed by atoms with Gasteiger partial charge in [0.1, 0.15) is 0 Å². The van der Waals surface area contributed by atoms with Crippen LogP contribution in [0.3, 0.4) is 0 Å². The molecule has 1 atom stereocenters. The zero-order valence-electron chi connectivity index (χ0n) is 9.88. The second-order valence-corrected chi connectivity index (χ2v) is 6.14. The van der Waals surface area contributed by atoms with E-state index in [-0.39, 0.29) is 17.2 Å². The van der Waals surface area contributed by atoms with Crippen molar-refractivity contribution in [1.29, 1.82) is 0 Å². The molecule has 1 aliphatic heterocycles. The predicted octanol–water partition coefficient (Wildman–Crippen LogP) is 1.35. The second kappa shape index (κ2) is 4.23. The van der Waals surface area contributed by atoms with E-state index in [0.29, 0.717) is 6.42 Å². The quantitative estimate of drug-likeness (QED) is 0.817. The van der Waals surface area contributed by atoms with Gasteiger partial charge < -0.3 is 0 Å². The van der Waals surface area contributed by atoms with Crippen LogP contribution in [0.4, 0.5) is 0 Å². The van der Waals surface area contributed by atoms with Crippen molar-refractivity contribution in [2.75, 3.05) is 6.54 Å². The molecule has 1 fully saturated rings. The standard InChI is InChI=1S/C12H15NO3S/c1-3-11-12(14)8-13(11)17(15,16)10-6-4-9(2)5-7-10/h4-7,11H,3,8H2,1-2H3/t11-/m1/s1. The number of carbonyl (C=O) groups excluding carboxylic acids is 1. The van der Waals surface area contributed by atoms with Crippen molar-refractivity contribution in [3.63, 3.8) is 0 Å². The number of carbonyl (C=O) groups is 1. The fourth-order valence-corrected chi connectivity index (χ4v) is 3.60. The maximum absolute atomic E-state index is 12.2. The van der Waals surface area contributed by atoms with Crippen molar-refractivity contribution in [3.05, 3.63) is 29.8 Å². The highest BCUT2D eigenvalue weighted by atomic mass is 32.2. The number of rotatable bonds is 3. The van der Waals surface area contributed by atoms with Crippen LogP contribution in [0.1, 0.15) is 18.9 Å². The number of ketones is 1. The van der Waals surface area contributed by atoms with Crippen LogP contribution in [-0.2, 0) is 14.8 Å². The van der Waals surface area contributed by atoms with E-state index in [1.807, 2.05) is 13.8 Å².